The molecule has 0 radical (unpaired) electrons. The van der Waals surface area contributed by atoms with E-state index in [1.165, 1.54) is 0 Å². The molecule has 3 amide bonds. The number of carbonyl (C=O) groups is 3. The largest absolute Gasteiger partial charge is 0.352 e. The Morgan fingerprint density at radius 3 is 2.13 bits per heavy atom. The zero-order valence-corrected chi connectivity index (χ0v) is 27.1. The molecule has 0 unspecified atom stereocenters. The van der Waals surface area contributed by atoms with E-state index in [1.807, 2.05) is 50.2 Å². The number of carbonyl (C=O) groups excluding carboxylic acids is 3. The Kier molecular flexibility index (Phi) is 9.63. The number of amides is 3. The van der Waals surface area contributed by atoms with E-state index in [2.05, 4.69) is 42.6 Å². The summed E-state index contributed by atoms with van der Waals surface area (Å²) in [6, 6.07) is 13.5. The number of tetrazole rings is 1. The monoisotopic (exact) mass is 637 g/mol. The van der Waals surface area contributed by atoms with Crippen molar-refractivity contribution in [2.24, 2.45) is 5.92 Å². The number of aryl methyl sites for hydroxylation is 2. The van der Waals surface area contributed by atoms with Crippen LogP contribution in [0.15, 0.2) is 36.4 Å². The number of aromatic nitrogens is 4. The van der Waals surface area contributed by atoms with Gasteiger partial charge in [0.1, 0.15) is 6.04 Å². The van der Waals surface area contributed by atoms with Gasteiger partial charge in [0, 0.05) is 36.8 Å². The summed E-state index contributed by atoms with van der Waals surface area (Å²) in [7, 11) is 0. The normalized spacial score (nSPS) is 19.0. The summed E-state index contributed by atoms with van der Waals surface area (Å²) in [6.07, 6.45) is 6.56. The van der Waals surface area contributed by atoms with Gasteiger partial charge in [-0.2, -0.15) is 10.5 Å². The number of nitrogens with one attached hydrogen (secondary N) is 4. The van der Waals surface area contributed by atoms with Crippen molar-refractivity contribution in [3.05, 3.63) is 75.6 Å². The summed E-state index contributed by atoms with van der Waals surface area (Å²) in [5.74, 6) is 0.500. The Balaban J connectivity index is 1.47. The van der Waals surface area contributed by atoms with Gasteiger partial charge in [-0.3, -0.25) is 14.4 Å². The molecule has 2 aromatic carbocycles. The first-order valence-corrected chi connectivity index (χ1v) is 16.9. The molecule has 12 heteroatoms. The topological polar surface area (TPSA) is 169 Å². The third-order valence-corrected chi connectivity index (χ3v) is 10.2. The van der Waals surface area contributed by atoms with Crippen LogP contribution in [0, 0.1) is 17.2 Å². The average Bonchev–Trinajstić information content (AvgIpc) is 3.75. The van der Waals surface area contributed by atoms with Gasteiger partial charge in [0.2, 0.25) is 5.91 Å². The molecule has 3 aromatic rings. The van der Waals surface area contributed by atoms with Gasteiger partial charge < -0.3 is 20.9 Å². The maximum atomic E-state index is 13.4. The number of hydrogen-bond acceptors (Lipinski definition) is 8. The van der Waals surface area contributed by atoms with Crippen molar-refractivity contribution in [2.75, 3.05) is 26.2 Å². The van der Waals surface area contributed by atoms with Crippen LogP contribution in [-0.4, -0.2) is 81.5 Å². The Morgan fingerprint density at radius 2 is 1.62 bits per heavy atom. The second-order valence-electron chi connectivity index (χ2n) is 12.9. The minimum atomic E-state index is -0.896. The predicted octanol–water partition coefficient (Wildman–Crippen LogP) is 2.80. The van der Waals surface area contributed by atoms with Crippen molar-refractivity contribution < 1.29 is 14.4 Å². The molecule has 2 aliphatic carbocycles. The fraction of sp³-hybridized carbons (Fsp3) is 0.514. The fourth-order valence-corrected chi connectivity index (χ4v) is 7.65. The van der Waals surface area contributed by atoms with Gasteiger partial charge >= 0.3 is 0 Å². The lowest BCUT2D eigenvalue weighted by atomic mass is 9.64. The van der Waals surface area contributed by atoms with Crippen LogP contribution < -0.4 is 16.0 Å². The highest BCUT2D eigenvalue weighted by Crippen LogP contribution is 2.49. The zero-order valence-electron chi connectivity index (χ0n) is 27.1. The molecule has 4 N–H and O–H groups in total. The van der Waals surface area contributed by atoms with E-state index in [1.54, 1.807) is 4.90 Å². The number of nitriles is 1. The van der Waals surface area contributed by atoms with Crippen molar-refractivity contribution in [1.82, 2.24) is 41.5 Å². The van der Waals surface area contributed by atoms with E-state index < -0.39 is 5.41 Å². The minimum absolute atomic E-state index is 0.0631. The van der Waals surface area contributed by atoms with Crippen LogP contribution in [0.5, 0.6) is 0 Å². The van der Waals surface area contributed by atoms with Crippen molar-refractivity contribution in [2.45, 2.75) is 82.7 Å². The summed E-state index contributed by atoms with van der Waals surface area (Å²) in [4.78, 5) is 41.0. The lowest BCUT2D eigenvalue weighted by Gasteiger charge is -2.42. The number of nitrogens with zero attached hydrogens (tertiary/aromatic N) is 5. The van der Waals surface area contributed by atoms with Gasteiger partial charge in [0.15, 0.2) is 5.82 Å². The van der Waals surface area contributed by atoms with Crippen LogP contribution in [0.25, 0.3) is 0 Å². The molecule has 2 heterocycles. The average molecular weight is 638 g/mol. The lowest BCUT2D eigenvalue weighted by Crippen LogP contribution is -2.50. The molecule has 6 rings (SSSR count). The van der Waals surface area contributed by atoms with E-state index in [0.29, 0.717) is 68.2 Å². The van der Waals surface area contributed by atoms with Crippen LogP contribution in [0.4, 0.5) is 0 Å². The van der Waals surface area contributed by atoms with Crippen LogP contribution in [-0.2, 0) is 23.1 Å². The molecule has 1 aliphatic heterocycles. The quantitative estimate of drug-likeness (QED) is 0.249. The molecule has 2 fully saturated rings. The molecule has 0 spiro atoms. The smallest absolute Gasteiger partial charge is 0.251 e. The summed E-state index contributed by atoms with van der Waals surface area (Å²) in [6.45, 7) is 5.57. The number of aromatic amines is 1. The third kappa shape index (κ3) is 6.24. The SMILES string of the molecule is CCNC(=O)c1ccc2c(c1)CCc1cc(C(=O)NCC)ccc1C2(C[C@@H](NCC(=O)N1CCC[C@H]1C#N)C1CCC1)c1nn[nH]n1. The standard InChI is InChI=1S/C35H43N9O3/c1-3-37-32(46)25-12-14-28-23(17-25)10-11-24-18-26(33(47)38-4-2)13-15-29(24)35(28,34-40-42-43-41-34)19-30(22-7-5-8-22)39-21-31(45)44-16-6-9-27(44)20-36/h12-15,17-18,22,27,30,39H,3-11,16,19,21H2,1-2H3,(H,37,46)(H,38,47)(H,40,41,42,43)/t27-,30+/m0/s1. The van der Waals surface area contributed by atoms with Gasteiger partial charge in [0.05, 0.1) is 18.0 Å². The Labute approximate surface area is 275 Å². The molecule has 1 saturated carbocycles. The van der Waals surface area contributed by atoms with Crippen LogP contribution in [0.2, 0.25) is 0 Å². The predicted molar refractivity (Wildman–Crippen MR) is 174 cm³/mol. The molecule has 1 aromatic heterocycles. The molecular formula is C35H43N9O3. The van der Waals surface area contributed by atoms with Crippen LogP contribution >= 0.6 is 0 Å². The number of benzene rings is 2. The maximum absolute atomic E-state index is 13.4. The van der Waals surface area contributed by atoms with E-state index >= 15 is 0 Å². The number of fused-ring (bicyclic) bond motifs is 2. The minimum Gasteiger partial charge on any atom is -0.352 e. The number of H-pyrrole nitrogens is 1. The summed E-state index contributed by atoms with van der Waals surface area (Å²) < 4.78 is 0. The molecule has 47 heavy (non-hydrogen) atoms. The van der Waals surface area contributed by atoms with Crippen LogP contribution in [0.3, 0.4) is 0 Å². The van der Waals surface area contributed by atoms with Gasteiger partial charge in [-0.05, 0) is 111 Å². The van der Waals surface area contributed by atoms with Crippen molar-refractivity contribution in [1.29, 1.82) is 5.26 Å². The second kappa shape index (κ2) is 14.0. The Hall–Kier alpha value is -4.63. The van der Waals surface area contributed by atoms with Crippen molar-refractivity contribution in [3.8, 4) is 6.07 Å². The number of rotatable bonds is 11. The van der Waals surface area contributed by atoms with Crippen molar-refractivity contribution in [3.63, 3.8) is 0 Å². The van der Waals surface area contributed by atoms with Crippen molar-refractivity contribution >= 4 is 17.7 Å². The van der Waals surface area contributed by atoms with E-state index in [-0.39, 0.29) is 36.3 Å². The van der Waals surface area contributed by atoms with Gasteiger partial charge in [-0.1, -0.05) is 23.8 Å². The first-order chi connectivity index (χ1) is 22.9. The molecule has 246 valence electrons. The third-order valence-electron chi connectivity index (χ3n) is 10.2. The maximum Gasteiger partial charge on any atom is 0.251 e. The van der Waals surface area contributed by atoms with Crippen LogP contribution in [0.1, 0.15) is 101 Å². The number of likely N-dealkylation sites (tertiary alicyclic amines) is 1. The highest BCUT2D eigenvalue weighted by molar-refractivity contribution is 5.95. The highest BCUT2D eigenvalue weighted by atomic mass is 16.2. The first-order valence-electron chi connectivity index (χ1n) is 16.9. The van der Waals surface area contributed by atoms with Gasteiger partial charge in [-0.15, -0.1) is 10.2 Å². The molecular weight excluding hydrogens is 594 g/mol. The van der Waals surface area contributed by atoms with Gasteiger partial charge in [-0.25, -0.2) is 0 Å². The summed E-state index contributed by atoms with van der Waals surface area (Å²) in [5.41, 5.74) is 4.25. The highest BCUT2D eigenvalue weighted by Gasteiger charge is 2.48. The lowest BCUT2D eigenvalue weighted by molar-refractivity contribution is -0.130. The Bertz CT molecular complexity index is 1590. The van der Waals surface area contributed by atoms with E-state index in [0.717, 1.165) is 47.9 Å². The Morgan fingerprint density at radius 1 is 0.979 bits per heavy atom. The molecule has 0 bridgehead atoms. The second-order valence-corrected chi connectivity index (χ2v) is 12.9. The summed E-state index contributed by atoms with van der Waals surface area (Å²) >= 11 is 0. The fourth-order valence-electron chi connectivity index (χ4n) is 7.65. The van der Waals surface area contributed by atoms with E-state index in [9.17, 15) is 19.6 Å². The van der Waals surface area contributed by atoms with Gasteiger partial charge in [0.25, 0.3) is 11.8 Å². The number of hydrogen-bond donors (Lipinski definition) is 4. The zero-order chi connectivity index (χ0) is 33.0. The molecule has 12 nitrogen and oxygen atoms in total. The molecule has 2 atom stereocenters. The molecule has 1 saturated heterocycles. The summed E-state index contributed by atoms with van der Waals surface area (Å²) in [5, 5.41) is 35.0. The van der Waals surface area contributed by atoms with E-state index in [4.69, 9.17) is 0 Å². The molecule has 3 aliphatic rings. The first kappa shape index (κ1) is 32.3.